The molecule has 0 heterocycles. The first kappa shape index (κ1) is 15.9. The molecule has 114 valence electrons. The topological polar surface area (TPSA) is 90.4 Å². The number of anilines is 1. The summed E-state index contributed by atoms with van der Waals surface area (Å²) in [6, 6.07) is 18.3. The summed E-state index contributed by atoms with van der Waals surface area (Å²) in [4.78, 5) is 0. The van der Waals surface area contributed by atoms with Crippen LogP contribution in [0.3, 0.4) is 0 Å². The van der Waals surface area contributed by atoms with Crippen molar-refractivity contribution in [1.29, 1.82) is 10.5 Å². The van der Waals surface area contributed by atoms with Gasteiger partial charge in [-0.2, -0.15) is 15.6 Å². The van der Waals surface area contributed by atoms with Crippen LogP contribution >= 0.6 is 0 Å². The summed E-state index contributed by atoms with van der Waals surface area (Å²) in [6.45, 7) is 0.426. The fourth-order valence-corrected chi connectivity index (χ4v) is 1.79. The van der Waals surface area contributed by atoms with Crippen molar-refractivity contribution >= 4 is 11.4 Å². The normalized spacial score (nSPS) is 9.17. The highest BCUT2D eigenvalue weighted by Crippen LogP contribution is 2.30. The fourth-order valence-electron chi connectivity index (χ4n) is 1.79. The third-order valence-corrected chi connectivity index (χ3v) is 2.91. The Balaban J connectivity index is 2.09. The van der Waals surface area contributed by atoms with Crippen LogP contribution in [0.25, 0.3) is 0 Å². The molecule has 0 amide bonds. The lowest BCUT2D eigenvalue weighted by Crippen LogP contribution is -1.99. The van der Waals surface area contributed by atoms with E-state index in [1.54, 1.807) is 30.3 Å². The molecule has 0 bridgehead atoms. The zero-order valence-electron chi connectivity index (χ0n) is 12.5. The highest BCUT2D eigenvalue weighted by atomic mass is 16.5. The molecule has 2 aromatic carbocycles. The molecule has 0 aliphatic heterocycles. The Hall–Kier alpha value is -3.51. The molecule has 0 spiro atoms. The Labute approximate surface area is 134 Å². The predicted octanol–water partition coefficient (Wildman–Crippen LogP) is 3.09. The number of hydrazone groups is 1. The highest BCUT2D eigenvalue weighted by Gasteiger charge is 2.06. The SMILES string of the molecule is COc1cc(NN=C(C#N)C#N)ccc1OCc1ccccc1. The second-order valence-electron chi connectivity index (χ2n) is 4.44. The molecule has 2 rings (SSSR count). The van der Waals surface area contributed by atoms with Crippen molar-refractivity contribution in [2.24, 2.45) is 5.10 Å². The molecular weight excluding hydrogens is 292 g/mol. The van der Waals surface area contributed by atoms with E-state index >= 15 is 0 Å². The first-order valence-corrected chi connectivity index (χ1v) is 6.75. The highest BCUT2D eigenvalue weighted by molar-refractivity contribution is 6.10. The van der Waals surface area contributed by atoms with Gasteiger partial charge in [-0.3, -0.25) is 5.43 Å². The van der Waals surface area contributed by atoms with Crippen LogP contribution in [0.1, 0.15) is 5.56 Å². The van der Waals surface area contributed by atoms with Gasteiger partial charge in [0.05, 0.1) is 12.8 Å². The Bertz CT molecular complexity index is 757. The minimum atomic E-state index is -0.256. The van der Waals surface area contributed by atoms with Crippen molar-refractivity contribution in [1.82, 2.24) is 0 Å². The minimum Gasteiger partial charge on any atom is -0.493 e. The molecule has 0 aliphatic carbocycles. The summed E-state index contributed by atoms with van der Waals surface area (Å²) >= 11 is 0. The lowest BCUT2D eigenvalue weighted by atomic mass is 10.2. The third-order valence-electron chi connectivity index (χ3n) is 2.91. The molecule has 1 N–H and O–H groups in total. The van der Waals surface area contributed by atoms with Crippen LogP contribution in [0.4, 0.5) is 5.69 Å². The van der Waals surface area contributed by atoms with Crippen LogP contribution in [0, 0.1) is 22.7 Å². The Morgan fingerprint density at radius 3 is 2.48 bits per heavy atom. The lowest BCUT2D eigenvalue weighted by molar-refractivity contribution is 0.284. The fraction of sp³-hybridized carbons (Fsp3) is 0.118. The van der Waals surface area contributed by atoms with Gasteiger partial charge in [0, 0.05) is 6.07 Å². The van der Waals surface area contributed by atoms with Gasteiger partial charge < -0.3 is 9.47 Å². The first-order chi connectivity index (χ1) is 11.3. The molecule has 0 fully saturated rings. The summed E-state index contributed by atoms with van der Waals surface area (Å²) in [7, 11) is 1.54. The quantitative estimate of drug-likeness (QED) is 0.654. The van der Waals surface area contributed by atoms with Crippen LogP contribution < -0.4 is 14.9 Å². The zero-order chi connectivity index (χ0) is 16.5. The molecule has 0 atom stereocenters. The standard InChI is InChI=1S/C17H14N4O2/c1-22-17-9-14(20-21-15(10-18)11-19)7-8-16(17)23-12-13-5-3-2-4-6-13/h2-9,20H,12H2,1H3. The summed E-state index contributed by atoms with van der Waals surface area (Å²) in [5.74, 6) is 1.11. The zero-order valence-corrected chi connectivity index (χ0v) is 12.5. The molecule has 0 saturated heterocycles. The number of hydrogen-bond donors (Lipinski definition) is 1. The van der Waals surface area contributed by atoms with Crippen molar-refractivity contribution in [3.8, 4) is 23.6 Å². The van der Waals surface area contributed by atoms with Gasteiger partial charge in [0.2, 0.25) is 5.71 Å². The molecule has 0 saturated carbocycles. The molecule has 23 heavy (non-hydrogen) atoms. The van der Waals surface area contributed by atoms with Gasteiger partial charge in [-0.05, 0) is 17.7 Å². The number of methoxy groups -OCH3 is 1. The molecule has 2 aromatic rings. The van der Waals surface area contributed by atoms with E-state index in [0.717, 1.165) is 5.56 Å². The summed E-state index contributed by atoms with van der Waals surface area (Å²) in [5, 5.41) is 21.0. The van der Waals surface area contributed by atoms with Crippen molar-refractivity contribution in [3.63, 3.8) is 0 Å². The Morgan fingerprint density at radius 2 is 1.83 bits per heavy atom. The second kappa shape index (κ2) is 8.06. The Morgan fingerprint density at radius 1 is 1.09 bits per heavy atom. The van der Waals surface area contributed by atoms with Crippen molar-refractivity contribution < 1.29 is 9.47 Å². The van der Waals surface area contributed by atoms with Gasteiger partial charge >= 0.3 is 0 Å². The van der Waals surface area contributed by atoms with Crippen molar-refractivity contribution in [2.75, 3.05) is 12.5 Å². The second-order valence-corrected chi connectivity index (χ2v) is 4.44. The number of nitrogens with one attached hydrogen (secondary N) is 1. The predicted molar refractivity (Wildman–Crippen MR) is 86.1 cm³/mol. The monoisotopic (exact) mass is 306 g/mol. The van der Waals surface area contributed by atoms with E-state index in [9.17, 15) is 0 Å². The van der Waals surface area contributed by atoms with Crippen LogP contribution in [0.2, 0.25) is 0 Å². The molecule has 0 unspecified atom stereocenters. The number of rotatable bonds is 6. The average molecular weight is 306 g/mol. The van der Waals surface area contributed by atoms with Crippen LogP contribution in [-0.4, -0.2) is 12.8 Å². The Kier molecular flexibility index (Phi) is 5.56. The largest absolute Gasteiger partial charge is 0.493 e. The molecule has 0 aliphatic rings. The summed E-state index contributed by atoms with van der Waals surface area (Å²) < 4.78 is 11.0. The number of nitriles is 2. The van der Waals surface area contributed by atoms with E-state index in [1.807, 2.05) is 30.3 Å². The third kappa shape index (κ3) is 4.48. The smallest absolute Gasteiger partial charge is 0.237 e. The van der Waals surface area contributed by atoms with E-state index < -0.39 is 0 Å². The molecule has 6 heteroatoms. The van der Waals surface area contributed by atoms with Gasteiger partial charge in [-0.25, -0.2) is 0 Å². The van der Waals surface area contributed by atoms with E-state index in [0.29, 0.717) is 23.8 Å². The van der Waals surface area contributed by atoms with E-state index in [2.05, 4.69) is 10.5 Å². The lowest BCUT2D eigenvalue weighted by Gasteiger charge is -2.12. The number of benzene rings is 2. The molecule has 0 aromatic heterocycles. The van der Waals surface area contributed by atoms with Gasteiger partial charge in [0.25, 0.3) is 0 Å². The van der Waals surface area contributed by atoms with Gasteiger partial charge in [0.1, 0.15) is 18.7 Å². The van der Waals surface area contributed by atoms with E-state index in [1.165, 1.54) is 7.11 Å². The van der Waals surface area contributed by atoms with Crippen molar-refractivity contribution in [3.05, 3.63) is 54.1 Å². The number of hydrogen-bond acceptors (Lipinski definition) is 6. The van der Waals surface area contributed by atoms with Crippen LogP contribution in [0.5, 0.6) is 11.5 Å². The maximum atomic E-state index is 8.64. The van der Waals surface area contributed by atoms with Crippen LogP contribution in [0.15, 0.2) is 53.6 Å². The average Bonchev–Trinajstić information content (AvgIpc) is 2.62. The summed E-state index contributed by atoms with van der Waals surface area (Å²) in [5.41, 5.74) is 4.00. The minimum absolute atomic E-state index is 0.256. The van der Waals surface area contributed by atoms with Gasteiger partial charge in [-0.15, -0.1) is 0 Å². The molecule has 6 nitrogen and oxygen atoms in total. The number of ether oxygens (including phenoxy) is 2. The first-order valence-electron chi connectivity index (χ1n) is 6.75. The van der Waals surface area contributed by atoms with Crippen molar-refractivity contribution in [2.45, 2.75) is 6.61 Å². The number of nitrogens with zero attached hydrogens (tertiary/aromatic N) is 3. The van der Waals surface area contributed by atoms with Crippen LogP contribution in [-0.2, 0) is 6.61 Å². The maximum Gasteiger partial charge on any atom is 0.237 e. The van der Waals surface area contributed by atoms with Gasteiger partial charge in [0.15, 0.2) is 11.5 Å². The molecule has 0 radical (unpaired) electrons. The maximum absolute atomic E-state index is 8.64. The van der Waals surface area contributed by atoms with E-state index in [-0.39, 0.29) is 5.71 Å². The van der Waals surface area contributed by atoms with E-state index in [4.69, 9.17) is 20.0 Å². The van der Waals surface area contributed by atoms with Gasteiger partial charge in [-0.1, -0.05) is 30.3 Å². The molecular formula is C17H14N4O2. The summed E-state index contributed by atoms with van der Waals surface area (Å²) in [6.07, 6.45) is 0.